The third kappa shape index (κ3) is 6.80. The first-order chi connectivity index (χ1) is 14.9. The van der Waals surface area contributed by atoms with Crippen LogP contribution in [0, 0.1) is 13.8 Å². The Bertz CT molecular complexity index is 1070. The number of aryl methyl sites for hydroxylation is 2. The highest BCUT2D eigenvalue weighted by Crippen LogP contribution is 2.22. The van der Waals surface area contributed by atoms with Crippen LogP contribution in [-0.4, -0.2) is 50.5 Å². The molecule has 0 fully saturated rings. The minimum atomic E-state index is -3.73. The van der Waals surface area contributed by atoms with E-state index in [1.165, 1.54) is 4.90 Å². The highest BCUT2D eigenvalue weighted by Gasteiger charge is 2.30. The summed E-state index contributed by atoms with van der Waals surface area (Å²) < 4.78 is 27.1. The number of rotatable bonds is 9. The van der Waals surface area contributed by atoms with Crippen LogP contribution in [0.2, 0.25) is 0 Å². The van der Waals surface area contributed by atoms with Crippen molar-refractivity contribution in [3.63, 3.8) is 0 Å². The third-order valence-corrected chi connectivity index (χ3v) is 6.91. The Morgan fingerprint density at radius 2 is 1.69 bits per heavy atom. The van der Waals surface area contributed by atoms with Gasteiger partial charge in [0, 0.05) is 17.6 Å². The second-order valence-electron chi connectivity index (χ2n) is 7.76. The van der Waals surface area contributed by atoms with E-state index in [1.54, 1.807) is 26.0 Å². The largest absolute Gasteiger partial charge is 0.355 e. The summed E-state index contributed by atoms with van der Waals surface area (Å²) >= 11 is 3.39. The van der Waals surface area contributed by atoms with Gasteiger partial charge in [0.25, 0.3) is 0 Å². The van der Waals surface area contributed by atoms with E-state index in [9.17, 15) is 18.0 Å². The van der Waals surface area contributed by atoms with Crippen LogP contribution in [0.15, 0.2) is 46.9 Å². The van der Waals surface area contributed by atoms with Gasteiger partial charge in [-0.2, -0.15) is 0 Å². The molecule has 0 aliphatic carbocycles. The zero-order valence-electron chi connectivity index (χ0n) is 19.1. The molecule has 9 heteroatoms. The smallest absolute Gasteiger partial charge is 0.244 e. The van der Waals surface area contributed by atoms with Crippen molar-refractivity contribution in [2.24, 2.45) is 0 Å². The van der Waals surface area contributed by atoms with E-state index in [0.717, 1.165) is 31.7 Å². The maximum absolute atomic E-state index is 13.4. The number of anilines is 1. The normalized spacial score (nSPS) is 12.2. The number of nitrogens with zero attached hydrogens (tertiary/aromatic N) is 2. The molecule has 0 aromatic heterocycles. The average molecular weight is 524 g/mol. The first-order valence-corrected chi connectivity index (χ1v) is 12.9. The van der Waals surface area contributed by atoms with Gasteiger partial charge in [-0.3, -0.25) is 13.9 Å². The van der Waals surface area contributed by atoms with Crippen molar-refractivity contribution in [3.8, 4) is 0 Å². The minimum Gasteiger partial charge on any atom is -0.355 e. The lowest BCUT2D eigenvalue weighted by atomic mass is 10.1. The SMILES string of the molecule is CCNC(=O)[C@@H](C)N(Cc1ccc(Br)cc1)C(=O)CN(c1ccc(C)c(C)c1)S(C)(=O)=O. The third-order valence-electron chi connectivity index (χ3n) is 5.24. The number of sulfonamides is 1. The Balaban J connectivity index is 2.39. The molecule has 0 spiro atoms. The van der Waals surface area contributed by atoms with Crippen molar-refractivity contribution in [3.05, 3.63) is 63.6 Å². The van der Waals surface area contributed by atoms with Crippen LogP contribution in [0.4, 0.5) is 5.69 Å². The molecule has 174 valence electrons. The summed E-state index contributed by atoms with van der Waals surface area (Å²) in [6.45, 7) is 7.47. The molecular formula is C23H30BrN3O4S. The maximum Gasteiger partial charge on any atom is 0.244 e. The molecule has 1 atom stereocenters. The Hall–Kier alpha value is -2.39. The number of carbonyl (C=O) groups is 2. The van der Waals surface area contributed by atoms with Gasteiger partial charge in [0.2, 0.25) is 21.8 Å². The average Bonchev–Trinajstić information content (AvgIpc) is 2.72. The first-order valence-electron chi connectivity index (χ1n) is 10.3. The van der Waals surface area contributed by atoms with Gasteiger partial charge in [-0.25, -0.2) is 8.42 Å². The van der Waals surface area contributed by atoms with Crippen LogP contribution in [0.5, 0.6) is 0 Å². The van der Waals surface area contributed by atoms with E-state index in [2.05, 4.69) is 21.2 Å². The molecule has 0 unspecified atom stereocenters. The van der Waals surface area contributed by atoms with Crippen LogP contribution in [0.3, 0.4) is 0 Å². The van der Waals surface area contributed by atoms with Crippen LogP contribution >= 0.6 is 15.9 Å². The number of likely N-dealkylation sites (N-methyl/N-ethyl adjacent to an activating group) is 1. The Morgan fingerprint density at radius 3 is 2.22 bits per heavy atom. The fourth-order valence-electron chi connectivity index (χ4n) is 3.19. The lowest BCUT2D eigenvalue weighted by Crippen LogP contribution is -2.51. The molecule has 0 saturated heterocycles. The Morgan fingerprint density at radius 1 is 1.06 bits per heavy atom. The van der Waals surface area contributed by atoms with Crippen molar-refractivity contribution in [1.29, 1.82) is 0 Å². The first kappa shape index (κ1) is 25.9. The van der Waals surface area contributed by atoms with Gasteiger partial charge < -0.3 is 10.2 Å². The number of benzene rings is 2. The highest BCUT2D eigenvalue weighted by molar-refractivity contribution is 9.10. The molecule has 2 aromatic rings. The van der Waals surface area contributed by atoms with Crippen LogP contribution < -0.4 is 9.62 Å². The fourth-order valence-corrected chi connectivity index (χ4v) is 4.29. The summed E-state index contributed by atoms with van der Waals surface area (Å²) in [7, 11) is -3.73. The van der Waals surface area contributed by atoms with E-state index in [4.69, 9.17) is 0 Å². The molecule has 0 aliphatic heterocycles. The summed E-state index contributed by atoms with van der Waals surface area (Å²) in [5.41, 5.74) is 3.19. The number of carbonyl (C=O) groups excluding carboxylic acids is 2. The second-order valence-corrected chi connectivity index (χ2v) is 10.6. The molecule has 2 aromatic carbocycles. The number of halogens is 1. The summed E-state index contributed by atoms with van der Waals surface area (Å²) in [6.07, 6.45) is 1.07. The van der Waals surface area contributed by atoms with Crippen molar-refractivity contribution in [2.75, 3.05) is 23.7 Å². The van der Waals surface area contributed by atoms with E-state index in [-0.39, 0.29) is 12.5 Å². The molecule has 2 amide bonds. The summed E-state index contributed by atoms with van der Waals surface area (Å²) in [6, 6.07) is 11.9. The van der Waals surface area contributed by atoms with Gasteiger partial charge in [-0.15, -0.1) is 0 Å². The lowest BCUT2D eigenvalue weighted by molar-refractivity contribution is -0.139. The van der Waals surface area contributed by atoms with Crippen molar-refractivity contribution >= 4 is 43.5 Å². The summed E-state index contributed by atoms with van der Waals surface area (Å²) in [5, 5.41) is 2.73. The zero-order chi connectivity index (χ0) is 24.1. The van der Waals surface area contributed by atoms with Crippen molar-refractivity contribution in [2.45, 2.75) is 40.3 Å². The van der Waals surface area contributed by atoms with Crippen molar-refractivity contribution in [1.82, 2.24) is 10.2 Å². The van der Waals surface area contributed by atoms with Crippen LogP contribution in [0.25, 0.3) is 0 Å². The lowest BCUT2D eigenvalue weighted by Gasteiger charge is -2.31. The van der Waals surface area contributed by atoms with E-state index >= 15 is 0 Å². The topological polar surface area (TPSA) is 86.8 Å². The predicted molar refractivity (Wildman–Crippen MR) is 131 cm³/mol. The van der Waals surface area contributed by atoms with Gasteiger partial charge in [0.05, 0.1) is 11.9 Å². The quantitative estimate of drug-likeness (QED) is 0.545. The minimum absolute atomic E-state index is 0.176. The molecular weight excluding hydrogens is 494 g/mol. The molecule has 1 N–H and O–H groups in total. The monoisotopic (exact) mass is 523 g/mol. The highest BCUT2D eigenvalue weighted by atomic mass is 79.9. The summed E-state index contributed by atoms with van der Waals surface area (Å²) in [5.74, 6) is -0.759. The molecule has 0 saturated carbocycles. The second kappa shape index (κ2) is 11.0. The summed E-state index contributed by atoms with van der Waals surface area (Å²) in [4.78, 5) is 27.3. The van der Waals surface area contributed by atoms with Gasteiger partial charge >= 0.3 is 0 Å². The molecule has 7 nitrogen and oxygen atoms in total. The number of amides is 2. The number of hydrogen-bond acceptors (Lipinski definition) is 4. The molecule has 0 aliphatic rings. The van der Waals surface area contributed by atoms with Gasteiger partial charge in [0.1, 0.15) is 12.6 Å². The fraction of sp³-hybridized carbons (Fsp3) is 0.391. The van der Waals surface area contributed by atoms with E-state index in [1.807, 2.05) is 44.2 Å². The van der Waals surface area contributed by atoms with Crippen LogP contribution in [-0.2, 0) is 26.2 Å². The molecule has 32 heavy (non-hydrogen) atoms. The van der Waals surface area contributed by atoms with E-state index < -0.39 is 28.5 Å². The Kier molecular flexibility index (Phi) is 8.86. The zero-order valence-corrected chi connectivity index (χ0v) is 21.5. The Labute approximate surface area is 199 Å². The molecule has 0 radical (unpaired) electrons. The van der Waals surface area contributed by atoms with Gasteiger partial charge in [-0.1, -0.05) is 34.1 Å². The van der Waals surface area contributed by atoms with Crippen LogP contribution in [0.1, 0.15) is 30.5 Å². The van der Waals surface area contributed by atoms with Gasteiger partial charge in [-0.05, 0) is 68.7 Å². The predicted octanol–water partition coefficient (Wildman–Crippen LogP) is 3.39. The molecule has 2 rings (SSSR count). The molecule has 0 heterocycles. The maximum atomic E-state index is 13.4. The standard InChI is InChI=1S/C23H30BrN3O4S/c1-6-25-23(29)18(4)26(14-19-8-10-20(24)11-9-19)22(28)15-27(32(5,30)31)21-12-7-16(2)17(3)13-21/h7-13,18H,6,14-15H2,1-5H3,(H,25,29)/t18-/m1/s1. The van der Waals surface area contributed by atoms with Gasteiger partial charge in [0.15, 0.2) is 0 Å². The molecule has 0 bridgehead atoms. The van der Waals surface area contributed by atoms with E-state index in [0.29, 0.717) is 12.2 Å². The number of hydrogen-bond donors (Lipinski definition) is 1. The number of nitrogens with one attached hydrogen (secondary N) is 1. The van der Waals surface area contributed by atoms with Crippen molar-refractivity contribution < 1.29 is 18.0 Å².